The summed E-state index contributed by atoms with van der Waals surface area (Å²) in [6.07, 6.45) is 1.53. The molecule has 0 bridgehead atoms. The predicted molar refractivity (Wildman–Crippen MR) is 101 cm³/mol. The molecule has 7 heteroatoms. The molecule has 0 saturated carbocycles. The van der Waals surface area contributed by atoms with Gasteiger partial charge in [-0.2, -0.15) is 13.9 Å². The zero-order valence-electron chi connectivity index (χ0n) is 13.9. The van der Waals surface area contributed by atoms with Gasteiger partial charge in [-0.1, -0.05) is 26.0 Å². The Hall–Kier alpha value is -2.54. The highest BCUT2D eigenvalue weighted by Crippen LogP contribution is 2.17. The van der Waals surface area contributed by atoms with Crippen molar-refractivity contribution in [2.75, 3.05) is 5.32 Å². The minimum Gasteiger partial charge on any atom is -0.435 e. The summed E-state index contributed by atoms with van der Waals surface area (Å²) in [5.41, 5.74) is 5.54. The van der Waals surface area contributed by atoms with Gasteiger partial charge in [0.25, 0.3) is 0 Å². The molecule has 2 aromatic rings. The summed E-state index contributed by atoms with van der Waals surface area (Å²) in [6, 6.07) is 14.1. The molecule has 2 aromatic carbocycles. The highest BCUT2D eigenvalue weighted by Gasteiger charge is 2.03. The third kappa shape index (κ3) is 6.46. The Bertz CT molecular complexity index is 716. The van der Waals surface area contributed by atoms with E-state index in [9.17, 15) is 8.78 Å². The summed E-state index contributed by atoms with van der Waals surface area (Å²) in [6.45, 7) is 1.43. The van der Waals surface area contributed by atoms with E-state index in [0.717, 1.165) is 11.3 Å². The summed E-state index contributed by atoms with van der Waals surface area (Å²) < 4.78 is 28.4. The molecule has 0 saturated heterocycles. The topological polar surface area (TPSA) is 45.7 Å². The summed E-state index contributed by atoms with van der Waals surface area (Å²) >= 11 is 5.16. The van der Waals surface area contributed by atoms with Crippen molar-refractivity contribution in [3.63, 3.8) is 0 Å². The van der Waals surface area contributed by atoms with Crippen LogP contribution >= 0.6 is 12.2 Å². The van der Waals surface area contributed by atoms with Crippen molar-refractivity contribution in [3.05, 3.63) is 59.7 Å². The fraction of sp³-hybridized carbons (Fsp3) is 0.222. The number of hydrogen-bond donors (Lipinski definition) is 2. The van der Waals surface area contributed by atoms with Crippen LogP contribution in [0.25, 0.3) is 0 Å². The van der Waals surface area contributed by atoms with E-state index in [-0.39, 0.29) is 5.75 Å². The number of benzene rings is 2. The molecule has 0 aliphatic heterocycles. The van der Waals surface area contributed by atoms with Crippen LogP contribution in [0.3, 0.4) is 0 Å². The van der Waals surface area contributed by atoms with Crippen molar-refractivity contribution in [3.8, 4) is 5.75 Å². The zero-order chi connectivity index (χ0) is 18.2. The summed E-state index contributed by atoms with van der Waals surface area (Å²) in [4.78, 5) is 0. The number of rotatable bonds is 6. The number of nitrogens with zero attached hydrogens (tertiary/aromatic N) is 1. The van der Waals surface area contributed by atoms with Crippen LogP contribution in [0.2, 0.25) is 0 Å². The number of hydrogen-bond acceptors (Lipinski definition) is 3. The van der Waals surface area contributed by atoms with Crippen molar-refractivity contribution >= 4 is 29.2 Å². The van der Waals surface area contributed by atoms with Crippen molar-refractivity contribution < 1.29 is 13.5 Å². The minimum atomic E-state index is -2.83. The van der Waals surface area contributed by atoms with Gasteiger partial charge in [-0.25, -0.2) is 0 Å². The second-order valence-electron chi connectivity index (χ2n) is 5.55. The first-order chi connectivity index (χ1) is 11.9. The van der Waals surface area contributed by atoms with Gasteiger partial charge in [-0.05, 0) is 65.7 Å². The molecule has 0 atom stereocenters. The molecule has 0 radical (unpaired) electrons. The molecule has 25 heavy (non-hydrogen) atoms. The van der Waals surface area contributed by atoms with Crippen LogP contribution in [-0.4, -0.2) is 17.9 Å². The lowest BCUT2D eigenvalue weighted by atomic mass is 10.0. The van der Waals surface area contributed by atoms with Crippen LogP contribution in [0.1, 0.15) is 30.9 Å². The van der Waals surface area contributed by atoms with Gasteiger partial charge >= 0.3 is 6.61 Å². The van der Waals surface area contributed by atoms with E-state index >= 15 is 0 Å². The highest BCUT2D eigenvalue weighted by molar-refractivity contribution is 7.80. The van der Waals surface area contributed by atoms with E-state index in [1.807, 2.05) is 24.3 Å². The van der Waals surface area contributed by atoms with Gasteiger partial charge in [0, 0.05) is 5.69 Å². The number of hydrazone groups is 1. The lowest BCUT2D eigenvalue weighted by molar-refractivity contribution is -0.0498. The van der Waals surface area contributed by atoms with Crippen LogP contribution in [0, 0.1) is 0 Å². The standard InChI is InChI=1S/C18H19F2N3OS/c1-12(2)14-5-7-15(8-6-14)22-18(25)23-21-11-13-3-9-16(10-4-13)24-17(19)20/h3-12,17H,1-2H3,(H2,22,23,25)/b21-11-. The van der Waals surface area contributed by atoms with Crippen LogP contribution in [0.5, 0.6) is 5.75 Å². The monoisotopic (exact) mass is 363 g/mol. The van der Waals surface area contributed by atoms with Gasteiger partial charge in [0.1, 0.15) is 5.75 Å². The smallest absolute Gasteiger partial charge is 0.387 e. The first kappa shape index (κ1) is 18.8. The van der Waals surface area contributed by atoms with E-state index in [1.54, 1.807) is 12.1 Å². The largest absolute Gasteiger partial charge is 0.435 e. The van der Waals surface area contributed by atoms with E-state index in [0.29, 0.717) is 11.0 Å². The number of nitrogens with one attached hydrogen (secondary N) is 2. The van der Waals surface area contributed by atoms with Gasteiger partial charge in [0.05, 0.1) is 6.21 Å². The molecule has 132 valence electrons. The van der Waals surface area contributed by atoms with E-state index < -0.39 is 6.61 Å². The average Bonchev–Trinajstić information content (AvgIpc) is 2.56. The molecule has 0 aliphatic rings. The fourth-order valence-corrected chi connectivity index (χ4v) is 2.18. The average molecular weight is 363 g/mol. The van der Waals surface area contributed by atoms with Gasteiger partial charge < -0.3 is 10.1 Å². The number of thiocarbonyl (C=S) groups is 1. The molecule has 0 aliphatic carbocycles. The molecular weight excluding hydrogens is 344 g/mol. The van der Waals surface area contributed by atoms with Crippen LogP contribution in [-0.2, 0) is 0 Å². The van der Waals surface area contributed by atoms with E-state index in [1.165, 1.54) is 23.9 Å². The van der Waals surface area contributed by atoms with Crippen molar-refractivity contribution in [2.45, 2.75) is 26.4 Å². The Balaban J connectivity index is 1.83. The van der Waals surface area contributed by atoms with Crippen molar-refractivity contribution in [1.29, 1.82) is 0 Å². The van der Waals surface area contributed by atoms with Crippen LogP contribution in [0.4, 0.5) is 14.5 Å². The predicted octanol–water partition coefficient (Wildman–Crippen LogP) is 4.73. The Morgan fingerprint density at radius 3 is 2.28 bits per heavy atom. The third-order valence-electron chi connectivity index (χ3n) is 3.32. The quantitative estimate of drug-likeness (QED) is 0.442. The number of anilines is 1. The second-order valence-corrected chi connectivity index (χ2v) is 5.96. The molecule has 2 N–H and O–H groups in total. The lowest BCUT2D eigenvalue weighted by Crippen LogP contribution is -2.23. The van der Waals surface area contributed by atoms with Gasteiger partial charge in [-0.15, -0.1) is 0 Å². The Morgan fingerprint density at radius 1 is 1.08 bits per heavy atom. The SMILES string of the molecule is CC(C)c1ccc(NC(=S)N/N=C\c2ccc(OC(F)F)cc2)cc1. The van der Waals surface area contributed by atoms with Crippen LogP contribution < -0.4 is 15.5 Å². The van der Waals surface area contributed by atoms with Gasteiger partial charge in [-0.3, -0.25) is 5.43 Å². The molecular formula is C18H19F2N3OS. The van der Waals surface area contributed by atoms with Gasteiger partial charge in [0.2, 0.25) is 0 Å². The second kappa shape index (κ2) is 9.08. The number of halogens is 2. The van der Waals surface area contributed by atoms with Crippen LogP contribution in [0.15, 0.2) is 53.6 Å². The summed E-state index contributed by atoms with van der Waals surface area (Å²) in [5, 5.41) is 7.39. The highest BCUT2D eigenvalue weighted by atomic mass is 32.1. The lowest BCUT2D eigenvalue weighted by Gasteiger charge is -2.09. The molecule has 0 spiro atoms. The molecule has 0 amide bonds. The third-order valence-corrected chi connectivity index (χ3v) is 3.51. The Morgan fingerprint density at radius 2 is 1.72 bits per heavy atom. The Labute approximate surface area is 150 Å². The minimum absolute atomic E-state index is 0.0992. The van der Waals surface area contributed by atoms with Gasteiger partial charge in [0.15, 0.2) is 5.11 Å². The molecule has 0 aromatic heterocycles. The summed E-state index contributed by atoms with van der Waals surface area (Å²) in [5.74, 6) is 0.573. The number of ether oxygens (including phenoxy) is 1. The molecule has 2 rings (SSSR count). The Kier molecular flexibility index (Phi) is 6.82. The van der Waals surface area contributed by atoms with Crippen molar-refractivity contribution in [2.24, 2.45) is 5.10 Å². The fourth-order valence-electron chi connectivity index (χ4n) is 2.01. The first-order valence-corrected chi connectivity index (χ1v) is 8.10. The maximum absolute atomic E-state index is 12.1. The normalized spacial score (nSPS) is 11.1. The maximum atomic E-state index is 12.1. The molecule has 0 heterocycles. The number of alkyl halides is 2. The molecule has 4 nitrogen and oxygen atoms in total. The van der Waals surface area contributed by atoms with E-state index in [2.05, 4.69) is 34.4 Å². The first-order valence-electron chi connectivity index (χ1n) is 7.69. The molecule has 0 unspecified atom stereocenters. The van der Waals surface area contributed by atoms with Crippen molar-refractivity contribution in [1.82, 2.24) is 5.43 Å². The molecule has 0 fully saturated rings. The maximum Gasteiger partial charge on any atom is 0.387 e. The van der Waals surface area contributed by atoms with E-state index in [4.69, 9.17) is 12.2 Å². The zero-order valence-corrected chi connectivity index (χ0v) is 14.7. The summed E-state index contributed by atoms with van der Waals surface area (Å²) in [7, 11) is 0.